The lowest BCUT2D eigenvalue weighted by Gasteiger charge is -2.09. The van der Waals surface area contributed by atoms with E-state index in [1.54, 1.807) is 0 Å². The molecule has 0 aliphatic carbocycles. The second kappa shape index (κ2) is 6.69. The van der Waals surface area contributed by atoms with Crippen LogP contribution >= 0.6 is 23.1 Å². The van der Waals surface area contributed by atoms with Crippen LogP contribution in [0.3, 0.4) is 0 Å². The molecule has 132 valence electrons. The van der Waals surface area contributed by atoms with Crippen LogP contribution in [0.15, 0.2) is 34.8 Å². The lowest BCUT2D eigenvalue weighted by atomic mass is 10.1. The SMILES string of the molecule is Cc1csc(NC(=O)CSc2nnc3cc(C)c4cccc(C)c4n23)n1. The van der Waals surface area contributed by atoms with Crippen molar-refractivity contribution in [3.05, 3.63) is 46.5 Å². The number of pyridine rings is 1. The van der Waals surface area contributed by atoms with Crippen molar-refractivity contribution in [1.29, 1.82) is 0 Å². The Morgan fingerprint density at radius 3 is 2.85 bits per heavy atom. The van der Waals surface area contributed by atoms with Crippen molar-refractivity contribution in [2.75, 3.05) is 11.1 Å². The van der Waals surface area contributed by atoms with Crippen LogP contribution in [0.5, 0.6) is 0 Å². The van der Waals surface area contributed by atoms with E-state index in [1.165, 1.54) is 28.5 Å². The average molecular weight is 384 g/mol. The summed E-state index contributed by atoms with van der Waals surface area (Å²) in [5.74, 6) is 0.148. The third-order valence-corrected chi connectivity index (χ3v) is 5.89. The summed E-state index contributed by atoms with van der Waals surface area (Å²) in [4.78, 5) is 16.5. The highest BCUT2D eigenvalue weighted by molar-refractivity contribution is 7.99. The molecular weight excluding hydrogens is 366 g/mol. The van der Waals surface area contributed by atoms with Crippen molar-refractivity contribution in [2.24, 2.45) is 0 Å². The first-order valence-electron chi connectivity index (χ1n) is 8.12. The largest absolute Gasteiger partial charge is 0.301 e. The molecule has 1 N–H and O–H groups in total. The molecule has 0 spiro atoms. The fourth-order valence-electron chi connectivity index (χ4n) is 2.92. The number of benzene rings is 1. The van der Waals surface area contributed by atoms with Crippen LogP contribution in [0.1, 0.15) is 16.8 Å². The van der Waals surface area contributed by atoms with E-state index in [2.05, 4.69) is 52.5 Å². The van der Waals surface area contributed by atoms with Crippen molar-refractivity contribution in [3.8, 4) is 0 Å². The van der Waals surface area contributed by atoms with Gasteiger partial charge in [0.2, 0.25) is 5.91 Å². The van der Waals surface area contributed by atoms with Gasteiger partial charge in [-0.1, -0.05) is 30.0 Å². The number of para-hydroxylation sites is 1. The number of carbonyl (C=O) groups excluding carboxylic acids is 1. The Hall–Kier alpha value is -2.45. The topological polar surface area (TPSA) is 72.2 Å². The molecule has 8 heteroatoms. The van der Waals surface area contributed by atoms with E-state index >= 15 is 0 Å². The van der Waals surface area contributed by atoms with Crippen molar-refractivity contribution in [2.45, 2.75) is 25.9 Å². The standard InChI is InChI=1S/C18H17N5OS2/c1-10-5-4-6-13-11(2)7-14-21-22-18(23(14)16(10)13)26-9-15(24)20-17-19-12(3)8-25-17/h4-8H,9H2,1-3H3,(H,19,20,24). The van der Waals surface area contributed by atoms with Crippen LogP contribution in [-0.4, -0.2) is 31.2 Å². The van der Waals surface area contributed by atoms with E-state index in [1.807, 2.05) is 22.8 Å². The smallest absolute Gasteiger partial charge is 0.236 e. The number of hydrogen-bond donors (Lipinski definition) is 1. The number of anilines is 1. The maximum Gasteiger partial charge on any atom is 0.236 e. The van der Waals surface area contributed by atoms with E-state index < -0.39 is 0 Å². The Balaban J connectivity index is 1.64. The highest BCUT2D eigenvalue weighted by Gasteiger charge is 2.15. The van der Waals surface area contributed by atoms with Crippen molar-refractivity contribution >= 4 is 50.7 Å². The molecule has 1 aromatic carbocycles. The van der Waals surface area contributed by atoms with Gasteiger partial charge in [0.05, 0.1) is 17.0 Å². The van der Waals surface area contributed by atoms with Crippen molar-refractivity contribution < 1.29 is 4.79 Å². The van der Waals surface area contributed by atoms with E-state index in [0.29, 0.717) is 10.3 Å². The van der Waals surface area contributed by atoms with Crippen LogP contribution in [0.4, 0.5) is 5.13 Å². The van der Waals surface area contributed by atoms with E-state index in [4.69, 9.17) is 0 Å². The zero-order chi connectivity index (χ0) is 18.3. The molecule has 0 radical (unpaired) electrons. The Bertz CT molecular complexity index is 1130. The molecular formula is C18H17N5OS2. The molecule has 0 fully saturated rings. The van der Waals surface area contributed by atoms with Gasteiger partial charge in [-0.25, -0.2) is 4.98 Å². The predicted octanol–water partition coefficient (Wildman–Crippen LogP) is 4.00. The van der Waals surface area contributed by atoms with Crippen LogP contribution < -0.4 is 5.32 Å². The van der Waals surface area contributed by atoms with Crippen molar-refractivity contribution in [3.63, 3.8) is 0 Å². The van der Waals surface area contributed by atoms with Gasteiger partial charge in [0, 0.05) is 10.8 Å². The minimum atomic E-state index is -0.103. The molecule has 3 heterocycles. The van der Waals surface area contributed by atoms with Gasteiger partial charge < -0.3 is 5.32 Å². The van der Waals surface area contributed by atoms with Gasteiger partial charge in [-0.15, -0.1) is 21.5 Å². The Kier molecular flexibility index (Phi) is 4.37. The highest BCUT2D eigenvalue weighted by Crippen LogP contribution is 2.28. The summed E-state index contributed by atoms with van der Waals surface area (Å²) in [6.07, 6.45) is 0. The molecule has 0 bridgehead atoms. The summed E-state index contributed by atoms with van der Waals surface area (Å²) in [6.45, 7) is 6.05. The fraction of sp³-hybridized carbons (Fsp3) is 0.222. The monoisotopic (exact) mass is 383 g/mol. The zero-order valence-electron chi connectivity index (χ0n) is 14.6. The van der Waals surface area contributed by atoms with Gasteiger partial charge in [0.25, 0.3) is 0 Å². The first kappa shape index (κ1) is 17.0. The molecule has 0 saturated carbocycles. The van der Waals surface area contributed by atoms with Crippen LogP contribution in [0.2, 0.25) is 0 Å². The molecule has 4 aromatic rings. The second-order valence-corrected chi connectivity index (χ2v) is 7.91. The second-order valence-electron chi connectivity index (χ2n) is 6.11. The number of rotatable bonds is 4. The van der Waals surface area contributed by atoms with Gasteiger partial charge >= 0.3 is 0 Å². The number of amides is 1. The highest BCUT2D eigenvalue weighted by atomic mass is 32.2. The van der Waals surface area contributed by atoms with Gasteiger partial charge in [0.15, 0.2) is 15.9 Å². The van der Waals surface area contributed by atoms with Crippen molar-refractivity contribution in [1.82, 2.24) is 19.6 Å². The molecule has 0 saturated heterocycles. The summed E-state index contributed by atoms with van der Waals surface area (Å²) in [5.41, 5.74) is 5.10. The maximum atomic E-state index is 12.2. The minimum Gasteiger partial charge on any atom is -0.301 e. The summed E-state index contributed by atoms with van der Waals surface area (Å²) in [5, 5.41) is 15.8. The van der Waals surface area contributed by atoms with Crippen LogP contribution in [-0.2, 0) is 4.79 Å². The summed E-state index contributed by atoms with van der Waals surface area (Å²) < 4.78 is 2.03. The Morgan fingerprint density at radius 1 is 1.23 bits per heavy atom. The molecule has 26 heavy (non-hydrogen) atoms. The number of hydrogen-bond acceptors (Lipinski definition) is 6. The van der Waals surface area contributed by atoms with Crippen LogP contribution in [0.25, 0.3) is 16.6 Å². The predicted molar refractivity (Wildman–Crippen MR) is 106 cm³/mol. The third kappa shape index (κ3) is 3.06. The van der Waals surface area contributed by atoms with Gasteiger partial charge in [-0.05, 0) is 38.0 Å². The number of thioether (sulfide) groups is 1. The summed E-state index contributed by atoms with van der Waals surface area (Å²) in [6, 6.07) is 8.25. The van der Waals surface area contributed by atoms with Crippen LogP contribution in [0, 0.1) is 20.8 Å². The van der Waals surface area contributed by atoms with Gasteiger partial charge in [-0.2, -0.15) is 0 Å². The van der Waals surface area contributed by atoms with Gasteiger partial charge in [0.1, 0.15) is 0 Å². The summed E-state index contributed by atoms with van der Waals surface area (Å²) in [7, 11) is 0. The minimum absolute atomic E-state index is 0.103. The van der Waals surface area contributed by atoms with Gasteiger partial charge in [-0.3, -0.25) is 9.20 Å². The quantitative estimate of drug-likeness (QED) is 0.539. The van der Waals surface area contributed by atoms with E-state index in [0.717, 1.165) is 28.0 Å². The molecule has 0 aliphatic rings. The molecule has 0 unspecified atom stereocenters. The summed E-state index contributed by atoms with van der Waals surface area (Å²) >= 11 is 2.80. The number of carbonyl (C=O) groups is 1. The third-order valence-electron chi connectivity index (χ3n) is 4.09. The average Bonchev–Trinajstić information content (AvgIpc) is 3.19. The fourth-order valence-corrected chi connectivity index (χ4v) is 4.37. The number of aryl methyl sites for hydroxylation is 3. The maximum absolute atomic E-state index is 12.2. The molecule has 1 amide bonds. The van der Waals surface area contributed by atoms with E-state index in [9.17, 15) is 4.79 Å². The number of nitrogens with one attached hydrogen (secondary N) is 1. The number of thiazole rings is 1. The number of nitrogens with zero attached hydrogens (tertiary/aromatic N) is 4. The molecule has 0 atom stereocenters. The molecule has 3 aromatic heterocycles. The number of aromatic nitrogens is 4. The number of fused-ring (bicyclic) bond motifs is 3. The zero-order valence-corrected chi connectivity index (χ0v) is 16.2. The normalized spacial score (nSPS) is 11.3. The molecule has 0 aliphatic heterocycles. The Labute approximate surface area is 158 Å². The first-order valence-corrected chi connectivity index (χ1v) is 9.98. The molecule has 4 rings (SSSR count). The first-order chi connectivity index (χ1) is 12.5. The van der Waals surface area contributed by atoms with E-state index in [-0.39, 0.29) is 11.7 Å². The molecule has 6 nitrogen and oxygen atoms in total. The Morgan fingerprint density at radius 2 is 2.08 bits per heavy atom. The lowest BCUT2D eigenvalue weighted by Crippen LogP contribution is -2.14. The lowest BCUT2D eigenvalue weighted by molar-refractivity contribution is -0.113.